The zero-order valence-corrected chi connectivity index (χ0v) is 13.0. The second kappa shape index (κ2) is 6.55. The summed E-state index contributed by atoms with van der Waals surface area (Å²) in [6.45, 7) is 2.60. The quantitative estimate of drug-likeness (QED) is 0.803. The SMILES string of the molecule is CCC1CCC(N(C)C2CCC(CO)(NC)C2)CC1. The molecule has 2 atom stereocenters. The van der Waals surface area contributed by atoms with Crippen molar-refractivity contribution >= 4 is 0 Å². The molecule has 0 aromatic carbocycles. The van der Waals surface area contributed by atoms with Gasteiger partial charge < -0.3 is 15.3 Å². The van der Waals surface area contributed by atoms with Crippen molar-refractivity contribution in [2.75, 3.05) is 20.7 Å². The molecule has 2 N–H and O–H groups in total. The molecule has 2 fully saturated rings. The maximum atomic E-state index is 9.61. The predicted molar refractivity (Wildman–Crippen MR) is 80.3 cm³/mol. The van der Waals surface area contributed by atoms with Gasteiger partial charge >= 0.3 is 0 Å². The minimum atomic E-state index is -0.0143. The Morgan fingerprint density at radius 1 is 1.16 bits per heavy atom. The van der Waals surface area contributed by atoms with Gasteiger partial charge in [0, 0.05) is 17.6 Å². The van der Waals surface area contributed by atoms with E-state index in [9.17, 15) is 5.11 Å². The van der Waals surface area contributed by atoms with Crippen LogP contribution in [0.2, 0.25) is 0 Å². The van der Waals surface area contributed by atoms with Gasteiger partial charge in [0.1, 0.15) is 0 Å². The Hall–Kier alpha value is -0.120. The van der Waals surface area contributed by atoms with Gasteiger partial charge in [0.15, 0.2) is 0 Å². The van der Waals surface area contributed by atoms with Gasteiger partial charge in [-0.15, -0.1) is 0 Å². The van der Waals surface area contributed by atoms with E-state index in [1.807, 2.05) is 7.05 Å². The molecule has 3 nitrogen and oxygen atoms in total. The molecule has 0 amide bonds. The van der Waals surface area contributed by atoms with Crippen molar-refractivity contribution in [3.8, 4) is 0 Å². The van der Waals surface area contributed by atoms with Crippen LogP contribution in [0.15, 0.2) is 0 Å². The zero-order chi connectivity index (χ0) is 13.9. The highest BCUT2D eigenvalue weighted by Gasteiger charge is 2.40. The third-order valence-electron chi connectivity index (χ3n) is 5.96. The Morgan fingerprint density at radius 2 is 1.84 bits per heavy atom. The Morgan fingerprint density at radius 3 is 2.32 bits per heavy atom. The van der Waals surface area contributed by atoms with Gasteiger partial charge in [-0.3, -0.25) is 0 Å². The van der Waals surface area contributed by atoms with Crippen LogP contribution in [0.5, 0.6) is 0 Å². The molecule has 0 bridgehead atoms. The first kappa shape index (κ1) is 15.3. The number of likely N-dealkylation sites (N-methyl/N-ethyl adjacent to an activating group) is 1. The average Bonchev–Trinajstić information content (AvgIpc) is 2.92. The van der Waals surface area contributed by atoms with Gasteiger partial charge in [-0.2, -0.15) is 0 Å². The number of aliphatic hydroxyl groups excluding tert-OH is 1. The molecular formula is C16H32N2O. The summed E-state index contributed by atoms with van der Waals surface area (Å²) in [5.41, 5.74) is -0.0143. The number of nitrogens with zero attached hydrogens (tertiary/aromatic N) is 1. The lowest BCUT2D eigenvalue weighted by Crippen LogP contribution is -2.47. The van der Waals surface area contributed by atoms with Crippen LogP contribution in [-0.4, -0.2) is 48.3 Å². The largest absolute Gasteiger partial charge is 0.394 e. The number of aliphatic hydroxyl groups is 1. The van der Waals surface area contributed by atoms with Crippen LogP contribution in [0.1, 0.15) is 58.3 Å². The fourth-order valence-electron chi connectivity index (χ4n) is 4.15. The summed E-state index contributed by atoms with van der Waals surface area (Å²) >= 11 is 0. The van der Waals surface area contributed by atoms with E-state index in [1.54, 1.807) is 0 Å². The van der Waals surface area contributed by atoms with Gasteiger partial charge in [0.2, 0.25) is 0 Å². The Labute approximate surface area is 118 Å². The van der Waals surface area contributed by atoms with E-state index < -0.39 is 0 Å². The van der Waals surface area contributed by atoms with Crippen molar-refractivity contribution in [2.45, 2.75) is 75.9 Å². The lowest BCUT2D eigenvalue weighted by atomic mass is 9.83. The molecule has 0 saturated heterocycles. The first-order valence-corrected chi connectivity index (χ1v) is 8.16. The van der Waals surface area contributed by atoms with Crippen molar-refractivity contribution in [1.29, 1.82) is 0 Å². The van der Waals surface area contributed by atoms with Crippen molar-refractivity contribution in [2.24, 2.45) is 5.92 Å². The molecule has 19 heavy (non-hydrogen) atoms. The van der Waals surface area contributed by atoms with E-state index in [4.69, 9.17) is 0 Å². The lowest BCUT2D eigenvalue weighted by Gasteiger charge is -2.38. The predicted octanol–water partition coefficient (Wildman–Crippen LogP) is 2.39. The smallest absolute Gasteiger partial charge is 0.0613 e. The molecule has 2 rings (SSSR count). The third-order valence-corrected chi connectivity index (χ3v) is 5.96. The highest BCUT2D eigenvalue weighted by molar-refractivity contribution is 4.99. The average molecular weight is 268 g/mol. The van der Waals surface area contributed by atoms with Gasteiger partial charge in [0.25, 0.3) is 0 Å². The van der Waals surface area contributed by atoms with E-state index in [1.165, 1.54) is 38.5 Å². The highest BCUT2D eigenvalue weighted by atomic mass is 16.3. The van der Waals surface area contributed by atoms with E-state index in [2.05, 4.69) is 24.2 Å². The Bertz CT molecular complexity index is 270. The maximum absolute atomic E-state index is 9.61. The van der Waals surface area contributed by atoms with Crippen LogP contribution in [-0.2, 0) is 0 Å². The molecule has 0 aromatic rings. The highest BCUT2D eigenvalue weighted by Crippen LogP contribution is 2.36. The molecule has 2 aliphatic carbocycles. The van der Waals surface area contributed by atoms with Crippen LogP contribution < -0.4 is 5.32 Å². The molecule has 2 aliphatic rings. The molecule has 3 heteroatoms. The molecule has 2 saturated carbocycles. The number of hydrogen-bond acceptors (Lipinski definition) is 3. The van der Waals surface area contributed by atoms with Crippen molar-refractivity contribution < 1.29 is 5.11 Å². The number of nitrogens with one attached hydrogen (secondary N) is 1. The van der Waals surface area contributed by atoms with E-state index in [-0.39, 0.29) is 12.1 Å². The molecule has 2 unspecified atom stereocenters. The van der Waals surface area contributed by atoms with Crippen molar-refractivity contribution in [3.05, 3.63) is 0 Å². The van der Waals surface area contributed by atoms with Gasteiger partial charge in [0.05, 0.1) is 6.61 Å². The van der Waals surface area contributed by atoms with Crippen molar-refractivity contribution in [3.63, 3.8) is 0 Å². The standard InChI is InChI=1S/C16H32N2O/c1-4-13-5-7-14(8-6-13)18(3)15-9-10-16(11-15,12-19)17-2/h13-15,17,19H,4-12H2,1-3H3. The third kappa shape index (κ3) is 3.32. The summed E-state index contributed by atoms with van der Waals surface area (Å²) in [5.74, 6) is 0.974. The summed E-state index contributed by atoms with van der Waals surface area (Å²) in [5, 5.41) is 13.0. The Kier molecular flexibility index (Phi) is 5.27. The number of hydrogen-bond donors (Lipinski definition) is 2. The molecule has 0 radical (unpaired) electrons. The summed E-state index contributed by atoms with van der Waals surface area (Å²) in [7, 11) is 4.30. The Balaban J connectivity index is 1.86. The van der Waals surface area contributed by atoms with E-state index >= 15 is 0 Å². The molecule has 0 aromatic heterocycles. The second-order valence-electron chi connectivity index (χ2n) is 6.83. The van der Waals surface area contributed by atoms with Gasteiger partial charge in [-0.1, -0.05) is 13.3 Å². The normalized spacial score (nSPS) is 39.9. The van der Waals surface area contributed by atoms with Crippen LogP contribution >= 0.6 is 0 Å². The molecular weight excluding hydrogens is 236 g/mol. The van der Waals surface area contributed by atoms with Crippen molar-refractivity contribution in [1.82, 2.24) is 10.2 Å². The van der Waals surface area contributed by atoms with Crippen LogP contribution in [0.3, 0.4) is 0 Å². The molecule has 112 valence electrons. The lowest BCUT2D eigenvalue weighted by molar-refractivity contribution is 0.107. The van der Waals surface area contributed by atoms with E-state index in [0.717, 1.165) is 24.8 Å². The molecule has 0 spiro atoms. The first-order chi connectivity index (χ1) is 9.14. The van der Waals surface area contributed by atoms with Gasteiger partial charge in [-0.25, -0.2) is 0 Å². The second-order valence-corrected chi connectivity index (χ2v) is 6.83. The zero-order valence-electron chi connectivity index (χ0n) is 13.0. The topological polar surface area (TPSA) is 35.5 Å². The molecule has 0 aliphatic heterocycles. The minimum Gasteiger partial charge on any atom is -0.394 e. The fraction of sp³-hybridized carbons (Fsp3) is 1.00. The fourth-order valence-corrected chi connectivity index (χ4v) is 4.15. The monoisotopic (exact) mass is 268 g/mol. The maximum Gasteiger partial charge on any atom is 0.0613 e. The van der Waals surface area contributed by atoms with Crippen LogP contribution in [0.4, 0.5) is 0 Å². The number of rotatable bonds is 5. The van der Waals surface area contributed by atoms with Gasteiger partial charge in [-0.05, 0) is 65.0 Å². The van der Waals surface area contributed by atoms with Crippen LogP contribution in [0, 0.1) is 5.92 Å². The van der Waals surface area contributed by atoms with Crippen LogP contribution in [0.25, 0.3) is 0 Å². The minimum absolute atomic E-state index is 0.0143. The summed E-state index contributed by atoms with van der Waals surface area (Å²) in [6, 6.07) is 1.43. The first-order valence-electron chi connectivity index (χ1n) is 8.16. The summed E-state index contributed by atoms with van der Waals surface area (Å²) in [6.07, 6.45) is 10.4. The summed E-state index contributed by atoms with van der Waals surface area (Å²) in [4.78, 5) is 2.63. The van der Waals surface area contributed by atoms with E-state index in [0.29, 0.717) is 6.04 Å². The summed E-state index contributed by atoms with van der Waals surface area (Å²) < 4.78 is 0. The molecule has 0 heterocycles.